The van der Waals surface area contributed by atoms with Gasteiger partial charge in [0, 0.05) is 0 Å². The van der Waals surface area contributed by atoms with Crippen molar-refractivity contribution in [3.05, 3.63) is 29.8 Å². The predicted octanol–water partition coefficient (Wildman–Crippen LogP) is 3.15. The van der Waals surface area contributed by atoms with Crippen LogP contribution in [0, 0.1) is 5.92 Å². The van der Waals surface area contributed by atoms with Crippen LogP contribution in [0.15, 0.2) is 24.3 Å². The molecule has 1 aliphatic carbocycles. The highest BCUT2D eigenvalue weighted by Crippen LogP contribution is 2.28. The maximum Gasteiger partial charge on any atom is 0.122 e. The molecule has 2 heteroatoms. The Hall–Kier alpha value is -1.02. The lowest BCUT2D eigenvalue weighted by atomic mass is 9.89. The predicted molar refractivity (Wildman–Crippen MR) is 71.2 cm³/mol. The van der Waals surface area contributed by atoms with Gasteiger partial charge in [-0.3, -0.25) is 0 Å². The van der Waals surface area contributed by atoms with E-state index in [9.17, 15) is 0 Å². The van der Waals surface area contributed by atoms with Crippen molar-refractivity contribution >= 4 is 0 Å². The van der Waals surface area contributed by atoms with Crippen molar-refractivity contribution in [2.45, 2.75) is 45.1 Å². The van der Waals surface area contributed by atoms with Crippen molar-refractivity contribution in [2.24, 2.45) is 11.7 Å². The molecule has 0 spiro atoms. The van der Waals surface area contributed by atoms with E-state index >= 15 is 0 Å². The molecule has 0 heterocycles. The number of rotatable bonds is 4. The molecule has 0 bridgehead atoms. The van der Waals surface area contributed by atoms with Gasteiger partial charge < -0.3 is 10.5 Å². The van der Waals surface area contributed by atoms with Gasteiger partial charge >= 0.3 is 0 Å². The van der Waals surface area contributed by atoms with Gasteiger partial charge in [-0.2, -0.15) is 0 Å². The van der Waals surface area contributed by atoms with E-state index in [0.717, 1.165) is 18.1 Å². The Labute approximate surface area is 104 Å². The summed E-state index contributed by atoms with van der Waals surface area (Å²) in [6.45, 7) is 3.01. The van der Waals surface area contributed by atoms with Crippen molar-refractivity contribution in [1.82, 2.24) is 0 Å². The minimum absolute atomic E-state index is 0.408. The number of para-hydroxylation sites is 1. The van der Waals surface area contributed by atoms with E-state index < -0.39 is 0 Å². The van der Waals surface area contributed by atoms with Crippen LogP contribution in [-0.2, 0) is 6.42 Å². The molecule has 2 rings (SSSR count). The van der Waals surface area contributed by atoms with Gasteiger partial charge in [-0.05, 0) is 56.2 Å². The lowest BCUT2D eigenvalue weighted by molar-refractivity contribution is 0.134. The van der Waals surface area contributed by atoms with Gasteiger partial charge in [0.2, 0.25) is 0 Å². The Morgan fingerprint density at radius 2 is 1.88 bits per heavy atom. The van der Waals surface area contributed by atoms with Gasteiger partial charge in [0.25, 0.3) is 0 Å². The fourth-order valence-electron chi connectivity index (χ4n) is 2.51. The van der Waals surface area contributed by atoms with Gasteiger partial charge in [0.15, 0.2) is 0 Å². The van der Waals surface area contributed by atoms with E-state index in [-0.39, 0.29) is 0 Å². The SMILES string of the molecule is CC1CCC(Oc2ccccc2CCN)CC1. The third kappa shape index (κ3) is 3.47. The van der Waals surface area contributed by atoms with E-state index in [4.69, 9.17) is 10.5 Å². The molecule has 17 heavy (non-hydrogen) atoms. The highest BCUT2D eigenvalue weighted by Gasteiger charge is 2.20. The molecule has 2 nitrogen and oxygen atoms in total. The molecule has 1 aliphatic rings. The summed E-state index contributed by atoms with van der Waals surface area (Å²) < 4.78 is 6.13. The van der Waals surface area contributed by atoms with Gasteiger partial charge in [-0.1, -0.05) is 25.1 Å². The van der Waals surface area contributed by atoms with Crippen molar-refractivity contribution < 1.29 is 4.74 Å². The van der Waals surface area contributed by atoms with E-state index in [1.807, 2.05) is 6.07 Å². The monoisotopic (exact) mass is 233 g/mol. The summed E-state index contributed by atoms with van der Waals surface area (Å²) in [4.78, 5) is 0. The number of ether oxygens (including phenoxy) is 1. The molecular weight excluding hydrogens is 210 g/mol. The second kappa shape index (κ2) is 6.06. The van der Waals surface area contributed by atoms with Crippen LogP contribution >= 0.6 is 0 Å². The van der Waals surface area contributed by atoms with Gasteiger partial charge in [0.05, 0.1) is 6.10 Å². The van der Waals surface area contributed by atoms with E-state index in [0.29, 0.717) is 12.6 Å². The zero-order valence-corrected chi connectivity index (χ0v) is 10.7. The highest BCUT2D eigenvalue weighted by molar-refractivity contribution is 5.33. The Morgan fingerprint density at radius 1 is 1.18 bits per heavy atom. The topological polar surface area (TPSA) is 35.2 Å². The summed E-state index contributed by atoms with van der Waals surface area (Å²) in [6, 6.07) is 8.29. The van der Waals surface area contributed by atoms with Crippen molar-refractivity contribution in [3.63, 3.8) is 0 Å². The smallest absolute Gasteiger partial charge is 0.122 e. The fraction of sp³-hybridized carbons (Fsp3) is 0.600. The quantitative estimate of drug-likeness (QED) is 0.867. The third-order valence-electron chi connectivity index (χ3n) is 3.64. The van der Waals surface area contributed by atoms with Crippen molar-refractivity contribution in [3.8, 4) is 5.75 Å². The summed E-state index contributed by atoms with van der Waals surface area (Å²) in [6.07, 6.45) is 6.29. The number of nitrogens with two attached hydrogens (primary N) is 1. The Kier molecular flexibility index (Phi) is 4.43. The first-order valence-corrected chi connectivity index (χ1v) is 6.74. The summed E-state index contributed by atoms with van der Waals surface area (Å²) in [5.74, 6) is 1.91. The molecule has 94 valence electrons. The maximum atomic E-state index is 6.13. The van der Waals surface area contributed by atoms with Gasteiger partial charge in [0.1, 0.15) is 5.75 Å². The van der Waals surface area contributed by atoms with Crippen LogP contribution in [0.2, 0.25) is 0 Å². The Morgan fingerprint density at radius 3 is 2.59 bits per heavy atom. The zero-order valence-electron chi connectivity index (χ0n) is 10.7. The number of hydrogen-bond donors (Lipinski definition) is 1. The van der Waals surface area contributed by atoms with Crippen LogP contribution in [0.1, 0.15) is 38.2 Å². The molecule has 0 atom stereocenters. The number of hydrogen-bond acceptors (Lipinski definition) is 2. The van der Waals surface area contributed by atoms with Crippen LogP contribution in [0.3, 0.4) is 0 Å². The summed E-state index contributed by atoms with van der Waals surface area (Å²) in [7, 11) is 0. The van der Waals surface area contributed by atoms with Crippen LogP contribution in [0.4, 0.5) is 0 Å². The lowest BCUT2D eigenvalue weighted by Crippen LogP contribution is -2.23. The zero-order chi connectivity index (χ0) is 12.1. The molecule has 0 unspecified atom stereocenters. The molecular formula is C15H23NO. The summed E-state index contributed by atoms with van der Waals surface area (Å²) >= 11 is 0. The molecule has 1 aromatic carbocycles. The fourth-order valence-corrected chi connectivity index (χ4v) is 2.51. The molecule has 1 fully saturated rings. The van der Waals surface area contributed by atoms with E-state index in [1.54, 1.807) is 0 Å². The van der Waals surface area contributed by atoms with Gasteiger partial charge in [-0.15, -0.1) is 0 Å². The molecule has 0 saturated heterocycles. The third-order valence-corrected chi connectivity index (χ3v) is 3.64. The lowest BCUT2D eigenvalue weighted by Gasteiger charge is -2.27. The van der Waals surface area contributed by atoms with E-state index in [2.05, 4.69) is 25.1 Å². The largest absolute Gasteiger partial charge is 0.490 e. The molecule has 0 aliphatic heterocycles. The Balaban J connectivity index is 1.98. The van der Waals surface area contributed by atoms with Crippen LogP contribution in [0.5, 0.6) is 5.75 Å². The standard InChI is InChI=1S/C15H23NO/c1-12-6-8-14(9-7-12)17-15-5-3-2-4-13(15)10-11-16/h2-5,12,14H,6-11,16H2,1H3. The van der Waals surface area contributed by atoms with Crippen molar-refractivity contribution in [1.29, 1.82) is 0 Å². The minimum Gasteiger partial charge on any atom is -0.490 e. The van der Waals surface area contributed by atoms with Gasteiger partial charge in [-0.25, -0.2) is 0 Å². The molecule has 1 saturated carbocycles. The number of benzene rings is 1. The first-order valence-electron chi connectivity index (χ1n) is 6.74. The Bertz CT molecular complexity index is 343. The summed E-state index contributed by atoms with van der Waals surface area (Å²) in [5, 5.41) is 0. The first-order chi connectivity index (χ1) is 8.29. The average molecular weight is 233 g/mol. The van der Waals surface area contributed by atoms with Crippen LogP contribution in [-0.4, -0.2) is 12.6 Å². The maximum absolute atomic E-state index is 6.13. The van der Waals surface area contributed by atoms with Crippen LogP contribution in [0.25, 0.3) is 0 Å². The average Bonchev–Trinajstić information content (AvgIpc) is 2.35. The second-order valence-corrected chi connectivity index (χ2v) is 5.15. The molecule has 0 aromatic heterocycles. The molecule has 1 aromatic rings. The van der Waals surface area contributed by atoms with Crippen molar-refractivity contribution in [2.75, 3.05) is 6.54 Å². The second-order valence-electron chi connectivity index (χ2n) is 5.15. The summed E-state index contributed by atoms with van der Waals surface area (Å²) in [5.41, 5.74) is 6.87. The van der Waals surface area contributed by atoms with Crippen LogP contribution < -0.4 is 10.5 Å². The van der Waals surface area contributed by atoms with E-state index in [1.165, 1.54) is 31.2 Å². The highest BCUT2D eigenvalue weighted by atomic mass is 16.5. The first kappa shape index (κ1) is 12.4. The molecule has 2 N–H and O–H groups in total. The normalized spacial score (nSPS) is 24.6. The molecule has 0 radical (unpaired) electrons. The molecule has 0 amide bonds. The minimum atomic E-state index is 0.408.